The molecule has 0 unspecified atom stereocenters. The number of amidine groups is 1. The molecule has 1 saturated heterocycles. The molecule has 0 saturated carbocycles. The number of piperidine rings is 1. The summed E-state index contributed by atoms with van der Waals surface area (Å²) in [6.45, 7) is 14.1. The van der Waals surface area contributed by atoms with Gasteiger partial charge in [0.05, 0.1) is 11.4 Å². The number of allylic oxidation sites excluding steroid dienone is 6. The van der Waals surface area contributed by atoms with E-state index in [1.165, 1.54) is 22.2 Å². The molecule has 1 fully saturated rings. The second kappa shape index (κ2) is 13.0. The van der Waals surface area contributed by atoms with E-state index in [2.05, 4.69) is 78.8 Å². The maximum Gasteiger partial charge on any atom is 0.128 e. The molecule has 2 aliphatic rings. The van der Waals surface area contributed by atoms with Gasteiger partial charge in [0.15, 0.2) is 0 Å². The zero-order valence-electron chi connectivity index (χ0n) is 22.5. The number of aliphatic imine (C=N–C) groups is 2. The molecule has 0 atom stereocenters. The molecule has 1 aromatic heterocycles. The van der Waals surface area contributed by atoms with Gasteiger partial charge in [0.1, 0.15) is 5.84 Å². The number of fused-ring (bicyclic) bond motifs is 1. The van der Waals surface area contributed by atoms with E-state index in [4.69, 9.17) is 10.7 Å². The van der Waals surface area contributed by atoms with E-state index in [-0.39, 0.29) is 0 Å². The van der Waals surface area contributed by atoms with Crippen LogP contribution in [0.5, 0.6) is 0 Å². The highest BCUT2D eigenvalue weighted by Crippen LogP contribution is 2.28. The first-order valence-corrected chi connectivity index (χ1v) is 12.8. The third kappa shape index (κ3) is 7.05. The maximum absolute atomic E-state index is 6.23. The molecule has 3 N–H and O–H groups in total. The summed E-state index contributed by atoms with van der Waals surface area (Å²) in [4.78, 5) is 15.5. The van der Waals surface area contributed by atoms with Crippen LogP contribution in [-0.4, -0.2) is 41.6 Å². The Balaban J connectivity index is 0.000000345. The number of benzene rings is 1. The summed E-state index contributed by atoms with van der Waals surface area (Å²) in [5.74, 6) is 1.03. The summed E-state index contributed by atoms with van der Waals surface area (Å²) >= 11 is 0. The van der Waals surface area contributed by atoms with Gasteiger partial charge >= 0.3 is 0 Å². The molecular formula is C31H41N5. The second-order valence-corrected chi connectivity index (χ2v) is 9.60. The molecule has 0 bridgehead atoms. The van der Waals surface area contributed by atoms with Gasteiger partial charge in [-0.15, -0.1) is 0 Å². The van der Waals surface area contributed by atoms with E-state index in [0.717, 1.165) is 54.8 Å². The van der Waals surface area contributed by atoms with Gasteiger partial charge < -0.3 is 15.6 Å². The summed E-state index contributed by atoms with van der Waals surface area (Å²) in [5.41, 5.74) is 13.9. The molecule has 1 aromatic carbocycles. The van der Waals surface area contributed by atoms with Crippen LogP contribution in [0.4, 0.5) is 0 Å². The van der Waals surface area contributed by atoms with Gasteiger partial charge in [-0.3, -0.25) is 4.99 Å². The average molecular weight is 484 g/mol. The van der Waals surface area contributed by atoms with Gasteiger partial charge in [-0.1, -0.05) is 49.1 Å². The Hall–Kier alpha value is -3.44. The lowest BCUT2D eigenvalue weighted by molar-refractivity contribution is 0.251. The van der Waals surface area contributed by atoms with Gasteiger partial charge in [0.2, 0.25) is 0 Å². The first-order chi connectivity index (χ1) is 17.3. The molecule has 0 aliphatic carbocycles. The Bertz CT molecular complexity index is 1210. The molecule has 2 aliphatic heterocycles. The summed E-state index contributed by atoms with van der Waals surface area (Å²) in [5, 5.41) is 1.18. The highest BCUT2D eigenvalue weighted by atomic mass is 15.1. The largest absolute Gasteiger partial charge is 0.383 e. The number of nitrogens with one attached hydrogen (secondary N) is 1. The summed E-state index contributed by atoms with van der Waals surface area (Å²) in [6.07, 6.45) is 13.0. The topological polar surface area (TPSA) is 69.8 Å². The van der Waals surface area contributed by atoms with Crippen LogP contribution < -0.4 is 5.73 Å². The van der Waals surface area contributed by atoms with Crippen molar-refractivity contribution in [3.05, 3.63) is 89.8 Å². The fourth-order valence-electron chi connectivity index (χ4n) is 4.40. The number of nitrogens with zero attached hydrogens (tertiary/aromatic N) is 3. The zero-order valence-corrected chi connectivity index (χ0v) is 22.5. The van der Waals surface area contributed by atoms with Gasteiger partial charge in [0.25, 0.3) is 0 Å². The predicted molar refractivity (Wildman–Crippen MR) is 157 cm³/mol. The maximum atomic E-state index is 6.23. The first-order valence-electron chi connectivity index (χ1n) is 12.8. The van der Waals surface area contributed by atoms with E-state index in [1.54, 1.807) is 0 Å². The lowest BCUT2D eigenvalue weighted by atomic mass is 9.90. The molecule has 2 aromatic rings. The van der Waals surface area contributed by atoms with Crippen molar-refractivity contribution >= 4 is 28.1 Å². The Morgan fingerprint density at radius 1 is 1.17 bits per heavy atom. The quantitative estimate of drug-likeness (QED) is 0.458. The van der Waals surface area contributed by atoms with Crippen LogP contribution in [0, 0.1) is 5.92 Å². The lowest BCUT2D eigenvalue weighted by Gasteiger charge is -2.29. The van der Waals surface area contributed by atoms with Crippen molar-refractivity contribution in [2.45, 2.75) is 47.0 Å². The summed E-state index contributed by atoms with van der Waals surface area (Å²) in [7, 11) is 2.19. The smallest absolute Gasteiger partial charge is 0.128 e. The molecule has 0 spiro atoms. The van der Waals surface area contributed by atoms with E-state index in [9.17, 15) is 0 Å². The van der Waals surface area contributed by atoms with E-state index in [0.29, 0.717) is 11.8 Å². The minimum atomic E-state index is 0.511. The number of para-hydroxylation sites is 1. The minimum Gasteiger partial charge on any atom is -0.383 e. The number of likely N-dealkylation sites (tertiary alicyclic amines) is 1. The highest BCUT2D eigenvalue weighted by Gasteiger charge is 2.23. The van der Waals surface area contributed by atoms with E-state index >= 15 is 0 Å². The van der Waals surface area contributed by atoms with Crippen LogP contribution in [0.15, 0.2) is 94.1 Å². The molecular weight excluding hydrogens is 442 g/mol. The fourth-order valence-corrected chi connectivity index (χ4v) is 4.40. The molecule has 0 amide bonds. The molecule has 3 heterocycles. The van der Waals surface area contributed by atoms with E-state index in [1.807, 2.05) is 38.3 Å². The van der Waals surface area contributed by atoms with Crippen LogP contribution in [-0.2, 0) is 0 Å². The van der Waals surface area contributed by atoms with Gasteiger partial charge in [0, 0.05) is 40.7 Å². The Morgan fingerprint density at radius 3 is 2.56 bits per heavy atom. The van der Waals surface area contributed by atoms with Crippen LogP contribution in [0.25, 0.3) is 16.6 Å². The van der Waals surface area contributed by atoms with Gasteiger partial charge in [-0.05, 0) is 84.0 Å². The van der Waals surface area contributed by atoms with Gasteiger partial charge in [-0.2, -0.15) is 0 Å². The van der Waals surface area contributed by atoms with Crippen LogP contribution in [0.1, 0.15) is 52.7 Å². The summed E-state index contributed by atoms with van der Waals surface area (Å²) < 4.78 is 0. The monoisotopic (exact) mass is 483 g/mol. The van der Waals surface area contributed by atoms with Crippen molar-refractivity contribution in [3.8, 4) is 0 Å². The number of nitrogens with two attached hydrogens (primary N) is 1. The minimum absolute atomic E-state index is 0.511. The normalized spacial score (nSPS) is 22.9. The Morgan fingerprint density at radius 2 is 1.89 bits per heavy atom. The first kappa shape index (κ1) is 27.2. The third-order valence-electron chi connectivity index (χ3n) is 6.96. The van der Waals surface area contributed by atoms with Crippen LogP contribution in [0.2, 0.25) is 0 Å². The average Bonchev–Trinajstić information content (AvgIpc) is 3.34. The Kier molecular flexibility index (Phi) is 9.83. The van der Waals surface area contributed by atoms with E-state index < -0.39 is 0 Å². The number of hydrogen-bond donors (Lipinski definition) is 2. The van der Waals surface area contributed by atoms with Crippen molar-refractivity contribution < 1.29 is 0 Å². The lowest BCUT2D eigenvalue weighted by Crippen LogP contribution is -2.33. The van der Waals surface area contributed by atoms with Gasteiger partial charge in [-0.25, -0.2) is 4.99 Å². The van der Waals surface area contributed by atoms with Crippen molar-refractivity contribution in [1.82, 2.24) is 9.88 Å². The standard InChI is InChI=1S/C22H27N5.C9H14/c1-15-21(20-14-17-6-3-4-7-19(17)25-20)26-18(8-5-11-24-22(15)23)16-9-12-27(2)13-10-16;1-5-7-9(4)8(3)6-2/h3-7,11,14,16,25H,8-10,12-13H2,1-2H3,(H2,23,24);5-7H,2H2,1,3-4H3/b11-5-,21-15+,26-18?;7-5-,9-8+. The van der Waals surface area contributed by atoms with Crippen molar-refractivity contribution in [2.75, 3.05) is 20.1 Å². The van der Waals surface area contributed by atoms with Crippen molar-refractivity contribution in [1.29, 1.82) is 0 Å². The molecule has 4 rings (SSSR count). The van der Waals surface area contributed by atoms with Crippen LogP contribution >= 0.6 is 0 Å². The van der Waals surface area contributed by atoms with Crippen LogP contribution in [0.3, 0.4) is 0 Å². The van der Waals surface area contributed by atoms with Crippen molar-refractivity contribution in [2.24, 2.45) is 21.6 Å². The second-order valence-electron chi connectivity index (χ2n) is 9.60. The number of H-pyrrole nitrogens is 1. The predicted octanol–water partition coefficient (Wildman–Crippen LogP) is 7.04. The number of hydrogen-bond acceptors (Lipinski definition) is 4. The summed E-state index contributed by atoms with van der Waals surface area (Å²) in [6, 6.07) is 10.4. The highest BCUT2D eigenvalue weighted by molar-refractivity contribution is 6.06. The number of aromatic nitrogens is 1. The fraction of sp³-hybridized carbons (Fsp3) is 0.355. The third-order valence-corrected chi connectivity index (χ3v) is 6.96. The molecule has 0 radical (unpaired) electrons. The van der Waals surface area contributed by atoms with Crippen molar-refractivity contribution in [3.63, 3.8) is 0 Å². The zero-order chi connectivity index (χ0) is 26.1. The number of rotatable bonds is 4. The molecule has 190 valence electrons. The number of aromatic amines is 1. The SMILES string of the molecule is C=C/C(C)=C(C)/C=C\C.CC1=C(\c2cc3ccccc3[nH]2)N=C(C2CCN(C)CC2)C\C=C/N=C/1N. The molecule has 36 heavy (non-hydrogen) atoms. The molecule has 5 nitrogen and oxygen atoms in total. The Labute approximate surface area is 216 Å². The molecule has 5 heteroatoms.